The summed E-state index contributed by atoms with van der Waals surface area (Å²) in [5, 5.41) is 13.3. The van der Waals surface area contributed by atoms with Crippen LogP contribution in [0.1, 0.15) is 34.1 Å². The van der Waals surface area contributed by atoms with Crippen molar-refractivity contribution in [2.75, 3.05) is 52.6 Å². The van der Waals surface area contributed by atoms with E-state index in [2.05, 4.69) is 36.0 Å². The SMILES string of the molecule is CCNC(=NCC(O)COCC(C)C)N1CCC(COCC)C1. The molecule has 2 unspecified atom stereocenters. The van der Waals surface area contributed by atoms with Crippen LogP contribution in [0.15, 0.2) is 4.99 Å². The smallest absolute Gasteiger partial charge is 0.194 e. The van der Waals surface area contributed by atoms with E-state index in [1.165, 1.54) is 0 Å². The van der Waals surface area contributed by atoms with Crippen molar-refractivity contribution >= 4 is 5.96 Å². The molecular formula is C17H35N3O3. The van der Waals surface area contributed by atoms with Gasteiger partial charge in [-0.15, -0.1) is 0 Å². The first-order chi connectivity index (χ1) is 11.1. The second-order valence-corrected chi connectivity index (χ2v) is 6.54. The molecule has 0 saturated carbocycles. The molecule has 23 heavy (non-hydrogen) atoms. The van der Waals surface area contributed by atoms with Gasteiger partial charge in [-0.1, -0.05) is 13.8 Å². The summed E-state index contributed by atoms with van der Waals surface area (Å²) >= 11 is 0. The zero-order valence-electron chi connectivity index (χ0n) is 15.3. The Balaban J connectivity index is 2.41. The lowest BCUT2D eigenvalue weighted by atomic mass is 10.1. The number of guanidine groups is 1. The number of nitrogens with zero attached hydrogens (tertiary/aromatic N) is 2. The third kappa shape index (κ3) is 8.53. The zero-order chi connectivity index (χ0) is 17.1. The summed E-state index contributed by atoms with van der Waals surface area (Å²) in [5.74, 6) is 1.93. The van der Waals surface area contributed by atoms with Gasteiger partial charge in [0, 0.05) is 38.8 Å². The van der Waals surface area contributed by atoms with Gasteiger partial charge < -0.3 is 24.8 Å². The van der Waals surface area contributed by atoms with Crippen molar-refractivity contribution in [3.8, 4) is 0 Å². The summed E-state index contributed by atoms with van der Waals surface area (Å²) in [4.78, 5) is 6.83. The van der Waals surface area contributed by atoms with Crippen LogP contribution < -0.4 is 5.32 Å². The van der Waals surface area contributed by atoms with Crippen LogP contribution in [0, 0.1) is 11.8 Å². The number of nitrogens with one attached hydrogen (secondary N) is 1. The second-order valence-electron chi connectivity index (χ2n) is 6.54. The van der Waals surface area contributed by atoms with Gasteiger partial charge in [0.05, 0.1) is 25.9 Å². The van der Waals surface area contributed by atoms with Gasteiger partial charge >= 0.3 is 0 Å². The minimum atomic E-state index is -0.552. The normalized spacial score (nSPS) is 20.3. The summed E-state index contributed by atoms with van der Waals surface area (Å²) in [6.45, 7) is 14.0. The van der Waals surface area contributed by atoms with Crippen LogP contribution in [-0.4, -0.2) is 74.7 Å². The predicted octanol–water partition coefficient (Wildman–Crippen LogP) is 1.34. The number of aliphatic imine (C=N–C) groups is 1. The molecule has 2 N–H and O–H groups in total. The van der Waals surface area contributed by atoms with Crippen molar-refractivity contribution in [1.82, 2.24) is 10.2 Å². The van der Waals surface area contributed by atoms with Crippen LogP contribution >= 0.6 is 0 Å². The van der Waals surface area contributed by atoms with Gasteiger partial charge in [-0.05, 0) is 26.2 Å². The Hall–Kier alpha value is -0.850. The molecule has 136 valence electrons. The number of hydrogen-bond donors (Lipinski definition) is 2. The fourth-order valence-electron chi connectivity index (χ4n) is 2.56. The average Bonchev–Trinajstić information content (AvgIpc) is 2.97. The lowest BCUT2D eigenvalue weighted by Crippen LogP contribution is -2.41. The first-order valence-corrected chi connectivity index (χ1v) is 8.93. The summed E-state index contributed by atoms with van der Waals surface area (Å²) in [7, 11) is 0. The van der Waals surface area contributed by atoms with E-state index < -0.39 is 6.10 Å². The molecule has 0 aromatic rings. The van der Waals surface area contributed by atoms with E-state index in [-0.39, 0.29) is 0 Å². The maximum atomic E-state index is 9.99. The van der Waals surface area contributed by atoms with E-state index in [0.717, 1.165) is 45.2 Å². The fourth-order valence-corrected chi connectivity index (χ4v) is 2.56. The third-order valence-electron chi connectivity index (χ3n) is 3.69. The molecule has 1 fully saturated rings. The first-order valence-electron chi connectivity index (χ1n) is 8.93. The van der Waals surface area contributed by atoms with Gasteiger partial charge in [-0.25, -0.2) is 0 Å². The Morgan fingerprint density at radius 2 is 2.09 bits per heavy atom. The number of rotatable bonds is 10. The van der Waals surface area contributed by atoms with Crippen molar-refractivity contribution in [2.45, 2.75) is 40.2 Å². The maximum absolute atomic E-state index is 9.99. The van der Waals surface area contributed by atoms with Crippen LogP contribution in [0.5, 0.6) is 0 Å². The van der Waals surface area contributed by atoms with Crippen LogP contribution in [0.4, 0.5) is 0 Å². The second kappa shape index (κ2) is 11.6. The van der Waals surface area contributed by atoms with Crippen LogP contribution in [0.25, 0.3) is 0 Å². The maximum Gasteiger partial charge on any atom is 0.194 e. The summed E-state index contributed by atoms with van der Waals surface area (Å²) in [5.41, 5.74) is 0. The molecular weight excluding hydrogens is 294 g/mol. The van der Waals surface area contributed by atoms with E-state index >= 15 is 0 Å². The Kier molecular flexibility index (Phi) is 10.2. The highest BCUT2D eigenvalue weighted by Crippen LogP contribution is 2.16. The van der Waals surface area contributed by atoms with Crippen molar-refractivity contribution < 1.29 is 14.6 Å². The monoisotopic (exact) mass is 329 g/mol. The van der Waals surface area contributed by atoms with Gasteiger partial charge in [0.15, 0.2) is 5.96 Å². The molecule has 0 aromatic heterocycles. The predicted molar refractivity (Wildman–Crippen MR) is 93.8 cm³/mol. The Morgan fingerprint density at radius 3 is 2.74 bits per heavy atom. The first kappa shape index (κ1) is 20.2. The highest BCUT2D eigenvalue weighted by atomic mass is 16.5. The van der Waals surface area contributed by atoms with Crippen molar-refractivity contribution in [3.05, 3.63) is 0 Å². The quantitative estimate of drug-likeness (QED) is 0.468. The number of aliphatic hydroxyl groups is 1. The molecule has 1 heterocycles. The summed E-state index contributed by atoms with van der Waals surface area (Å²) < 4.78 is 11.0. The van der Waals surface area contributed by atoms with E-state index in [0.29, 0.717) is 31.6 Å². The van der Waals surface area contributed by atoms with Crippen LogP contribution in [0.2, 0.25) is 0 Å². The Morgan fingerprint density at radius 1 is 1.30 bits per heavy atom. The Bertz CT molecular complexity index is 337. The summed E-state index contributed by atoms with van der Waals surface area (Å²) in [6, 6.07) is 0. The Labute approximate surface area is 141 Å². The number of likely N-dealkylation sites (tertiary alicyclic amines) is 1. The van der Waals surface area contributed by atoms with Crippen LogP contribution in [-0.2, 0) is 9.47 Å². The topological polar surface area (TPSA) is 66.3 Å². The molecule has 6 nitrogen and oxygen atoms in total. The lowest BCUT2D eigenvalue weighted by Gasteiger charge is -2.22. The number of aliphatic hydroxyl groups excluding tert-OH is 1. The van der Waals surface area contributed by atoms with Crippen molar-refractivity contribution in [3.63, 3.8) is 0 Å². The molecule has 0 amide bonds. The zero-order valence-corrected chi connectivity index (χ0v) is 15.3. The molecule has 1 rings (SSSR count). The summed E-state index contributed by atoms with van der Waals surface area (Å²) in [6.07, 6.45) is 0.578. The van der Waals surface area contributed by atoms with E-state index in [9.17, 15) is 5.11 Å². The van der Waals surface area contributed by atoms with Crippen LogP contribution in [0.3, 0.4) is 0 Å². The standard InChI is InChI=1S/C17H35N3O3/c1-5-18-17(19-9-16(21)13-23-11-14(3)4)20-8-7-15(10-20)12-22-6-2/h14-16,21H,5-13H2,1-4H3,(H,18,19). The molecule has 0 aliphatic carbocycles. The largest absolute Gasteiger partial charge is 0.389 e. The molecule has 6 heteroatoms. The van der Waals surface area contributed by atoms with E-state index in [1.54, 1.807) is 0 Å². The number of hydrogen-bond acceptors (Lipinski definition) is 4. The van der Waals surface area contributed by atoms with Gasteiger partial charge in [0.25, 0.3) is 0 Å². The highest BCUT2D eigenvalue weighted by Gasteiger charge is 2.25. The molecule has 1 saturated heterocycles. The molecule has 0 aromatic carbocycles. The minimum Gasteiger partial charge on any atom is -0.389 e. The van der Waals surface area contributed by atoms with Gasteiger partial charge in [-0.3, -0.25) is 4.99 Å². The lowest BCUT2D eigenvalue weighted by molar-refractivity contribution is 0.0300. The molecule has 0 spiro atoms. The van der Waals surface area contributed by atoms with Gasteiger partial charge in [-0.2, -0.15) is 0 Å². The molecule has 1 aliphatic heterocycles. The molecule has 0 radical (unpaired) electrons. The molecule has 0 bridgehead atoms. The molecule has 1 aliphatic rings. The van der Waals surface area contributed by atoms with Gasteiger partial charge in [0.1, 0.15) is 0 Å². The van der Waals surface area contributed by atoms with Gasteiger partial charge in [0.2, 0.25) is 0 Å². The molecule has 2 atom stereocenters. The third-order valence-corrected chi connectivity index (χ3v) is 3.69. The number of ether oxygens (including phenoxy) is 2. The van der Waals surface area contributed by atoms with E-state index in [1.807, 2.05) is 6.92 Å². The van der Waals surface area contributed by atoms with Crippen molar-refractivity contribution in [1.29, 1.82) is 0 Å². The fraction of sp³-hybridized carbons (Fsp3) is 0.941. The van der Waals surface area contributed by atoms with Crippen molar-refractivity contribution in [2.24, 2.45) is 16.8 Å². The highest BCUT2D eigenvalue weighted by molar-refractivity contribution is 5.80. The average molecular weight is 329 g/mol. The van der Waals surface area contributed by atoms with E-state index in [4.69, 9.17) is 9.47 Å². The minimum absolute atomic E-state index is 0.341.